The number of benzene rings is 4. The van der Waals surface area contributed by atoms with E-state index in [1.54, 1.807) is 7.11 Å². The molecule has 6 rings (SSSR count). The van der Waals surface area contributed by atoms with Crippen LogP contribution in [0.25, 0.3) is 22.4 Å². The lowest BCUT2D eigenvalue weighted by atomic mass is 9.92. The molecule has 1 aliphatic heterocycles. The largest absolute Gasteiger partial charge is 0.497 e. The Hall–Kier alpha value is -4.24. The van der Waals surface area contributed by atoms with E-state index in [4.69, 9.17) is 9.47 Å². The van der Waals surface area contributed by atoms with Crippen LogP contribution in [0.4, 0.5) is 0 Å². The number of hydrogen-bond donors (Lipinski definition) is 0. The number of hydrogen-bond acceptors (Lipinski definition) is 2. The quantitative estimate of drug-likeness (QED) is 0.270. The monoisotopic (exact) mass is 457 g/mol. The van der Waals surface area contributed by atoms with E-state index < -0.39 is 0 Å². The second-order valence-corrected chi connectivity index (χ2v) is 8.94. The van der Waals surface area contributed by atoms with Gasteiger partial charge in [0.15, 0.2) is 6.10 Å². The predicted octanol–water partition coefficient (Wildman–Crippen LogP) is 7.67. The van der Waals surface area contributed by atoms with Gasteiger partial charge >= 0.3 is 0 Å². The van der Waals surface area contributed by atoms with Crippen molar-refractivity contribution in [1.82, 2.24) is 4.57 Å². The van der Waals surface area contributed by atoms with Crippen LogP contribution in [-0.4, -0.2) is 11.7 Å². The second kappa shape index (κ2) is 8.84. The van der Waals surface area contributed by atoms with Crippen molar-refractivity contribution in [2.45, 2.75) is 19.6 Å². The Labute approximate surface area is 206 Å². The average Bonchev–Trinajstić information content (AvgIpc) is 3.21. The Kier molecular flexibility index (Phi) is 5.38. The van der Waals surface area contributed by atoms with Gasteiger partial charge in [0.05, 0.1) is 18.5 Å². The predicted molar refractivity (Wildman–Crippen MR) is 141 cm³/mol. The molecular weight excluding hydrogens is 430 g/mol. The summed E-state index contributed by atoms with van der Waals surface area (Å²) in [6, 6.07) is 38.0. The topological polar surface area (TPSA) is 23.4 Å². The Morgan fingerprint density at radius 2 is 1.43 bits per heavy atom. The minimum atomic E-state index is -0.199. The van der Waals surface area contributed by atoms with Gasteiger partial charge in [-0.25, -0.2) is 0 Å². The fourth-order valence-electron chi connectivity index (χ4n) is 5.24. The van der Waals surface area contributed by atoms with Crippen molar-refractivity contribution in [3.63, 3.8) is 0 Å². The first-order chi connectivity index (χ1) is 17.2. The van der Waals surface area contributed by atoms with Crippen LogP contribution in [0, 0.1) is 6.92 Å². The zero-order chi connectivity index (χ0) is 23.8. The van der Waals surface area contributed by atoms with Crippen LogP contribution in [0.3, 0.4) is 0 Å². The van der Waals surface area contributed by atoms with Gasteiger partial charge in [0.1, 0.15) is 11.5 Å². The molecule has 0 aliphatic carbocycles. The van der Waals surface area contributed by atoms with Crippen molar-refractivity contribution in [2.24, 2.45) is 0 Å². The summed E-state index contributed by atoms with van der Waals surface area (Å²) in [5.74, 6) is 1.78. The molecule has 1 atom stereocenters. The normalized spacial score (nSPS) is 14.1. The van der Waals surface area contributed by atoms with Crippen LogP contribution in [0.5, 0.6) is 11.5 Å². The lowest BCUT2D eigenvalue weighted by Gasteiger charge is -2.29. The lowest BCUT2D eigenvalue weighted by Crippen LogP contribution is -2.20. The number of para-hydroxylation sites is 1. The zero-order valence-electron chi connectivity index (χ0n) is 19.9. The number of ether oxygens (including phenoxy) is 2. The molecule has 5 aromatic rings. The minimum Gasteiger partial charge on any atom is -0.497 e. The SMILES string of the molecule is COc1ccc(-c2c(C)c3c(n2Cc2ccccc2)C(c2ccccc2)Oc2ccccc2-3)cc1. The molecule has 0 amide bonds. The number of fused-ring (bicyclic) bond motifs is 3. The van der Waals surface area contributed by atoms with E-state index in [0.29, 0.717) is 0 Å². The summed E-state index contributed by atoms with van der Waals surface area (Å²) in [5.41, 5.74) is 9.65. The molecule has 172 valence electrons. The van der Waals surface area contributed by atoms with E-state index in [0.717, 1.165) is 34.7 Å². The number of aromatic nitrogens is 1. The smallest absolute Gasteiger partial charge is 0.164 e. The van der Waals surface area contributed by atoms with Gasteiger partial charge in [0.25, 0.3) is 0 Å². The van der Waals surface area contributed by atoms with Gasteiger partial charge in [0.2, 0.25) is 0 Å². The van der Waals surface area contributed by atoms with Crippen LogP contribution < -0.4 is 9.47 Å². The van der Waals surface area contributed by atoms with E-state index in [2.05, 4.69) is 102 Å². The van der Waals surface area contributed by atoms with Crippen molar-refractivity contribution in [2.75, 3.05) is 7.11 Å². The molecule has 0 fully saturated rings. The highest BCUT2D eigenvalue weighted by Crippen LogP contribution is 2.50. The Morgan fingerprint density at radius 3 is 2.14 bits per heavy atom. The average molecular weight is 458 g/mol. The lowest BCUT2D eigenvalue weighted by molar-refractivity contribution is 0.234. The van der Waals surface area contributed by atoms with Crippen molar-refractivity contribution in [1.29, 1.82) is 0 Å². The summed E-state index contributed by atoms with van der Waals surface area (Å²) < 4.78 is 14.6. The first kappa shape index (κ1) is 21.3. The van der Waals surface area contributed by atoms with Crippen LogP contribution in [0.2, 0.25) is 0 Å². The molecule has 35 heavy (non-hydrogen) atoms. The van der Waals surface area contributed by atoms with Crippen molar-refractivity contribution >= 4 is 0 Å². The maximum atomic E-state index is 6.72. The molecule has 0 radical (unpaired) electrons. The van der Waals surface area contributed by atoms with Gasteiger partial charge in [-0.05, 0) is 59.5 Å². The van der Waals surface area contributed by atoms with E-state index in [-0.39, 0.29) is 6.10 Å². The van der Waals surface area contributed by atoms with E-state index >= 15 is 0 Å². The summed E-state index contributed by atoms with van der Waals surface area (Å²) >= 11 is 0. The van der Waals surface area contributed by atoms with Gasteiger partial charge in [-0.2, -0.15) is 0 Å². The summed E-state index contributed by atoms with van der Waals surface area (Å²) in [7, 11) is 1.70. The molecule has 1 aromatic heterocycles. The van der Waals surface area contributed by atoms with E-state index in [9.17, 15) is 0 Å². The van der Waals surface area contributed by atoms with Gasteiger partial charge < -0.3 is 14.0 Å². The molecule has 1 unspecified atom stereocenters. The molecule has 2 heterocycles. The fourth-order valence-corrected chi connectivity index (χ4v) is 5.24. The summed E-state index contributed by atoms with van der Waals surface area (Å²) in [6.07, 6.45) is -0.199. The maximum Gasteiger partial charge on any atom is 0.164 e. The van der Waals surface area contributed by atoms with E-state index in [1.165, 1.54) is 28.1 Å². The van der Waals surface area contributed by atoms with Crippen LogP contribution in [0.1, 0.15) is 28.5 Å². The van der Waals surface area contributed by atoms with Crippen molar-refractivity contribution < 1.29 is 9.47 Å². The van der Waals surface area contributed by atoms with Gasteiger partial charge in [-0.3, -0.25) is 0 Å². The van der Waals surface area contributed by atoms with Gasteiger partial charge in [-0.1, -0.05) is 78.9 Å². The van der Waals surface area contributed by atoms with Gasteiger partial charge in [0, 0.05) is 17.7 Å². The molecule has 0 N–H and O–H groups in total. The maximum absolute atomic E-state index is 6.72. The third-order valence-electron chi connectivity index (χ3n) is 6.85. The summed E-state index contributed by atoms with van der Waals surface area (Å²) in [5, 5.41) is 0. The third kappa shape index (κ3) is 3.70. The van der Waals surface area contributed by atoms with Crippen molar-refractivity contribution in [3.05, 3.63) is 132 Å². The molecular formula is C32H27NO2. The molecule has 0 saturated carbocycles. The molecule has 3 heteroatoms. The molecule has 0 spiro atoms. The first-order valence-electron chi connectivity index (χ1n) is 12.0. The summed E-state index contributed by atoms with van der Waals surface area (Å²) in [4.78, 5) is 0. The third-order valence-corrected chi connectivity index (χ3v) is 6.85. The standard InChI is InChI=1S/C32H27NO2/c1-22-29-27-15-9-10-16-28(27)35-32(25-13-7-4-8-14-25)31(29)33(21-23-11-5-3-6-12-23)30(22)24-17-19-26(34-2)20-18-24/h3-20,32H,21H2,1-2H3. The number of rotatable bonds is 5. The molecule has 0 saturated heterocycles. The zero-order valence-corrected chi connectivity index (χ0v) is 19.9. The Morgan fingerprint density at radius 1 is 0.771 bits per heavy atom. The highest BCUT2D eigenvalue weighted by atomic mass is 16.5. The van der Waals surface area contributed by atoms with Crippen LogP contribution in [0.15, 0.2) is 109 Å². The Bertz CT molecular complexity index is 1470. The van der Waals surface area contributed by atoms with Gasteiger partial charge in [-0.15, -0.1) is 0 Å². The highest BCUT2D eigenvalue weighted by molar-refractivity contribution is 5.85. The second-order valence-electron chi connectivity index (χ2n) is 8.94. The van der Waals surface area contributed by atoms with Crippen LogP contribution >= 0.6 is 0 Å². The van der Waals surface area contributed by atoms with Crippen LogP contribution in [-0.2, 0) is 6.54 Å². The molecule has 3 nitrogen and oxygen atoms in total. The molecule has 1 aliphatic rings. The number of nitrogens with zero attached hydrogens (tertiary/aromatic N) is 1. The highest BCUT2D eigenvalue weighted by Gasteiger charge is 2.35. The van der Waals surface area contributed by atoms with E-state index in [1.807, 2.05) is 18.2 Å². The number of methoxy groups -OCH3 is 1. The summed E-state index contributed by atoms with van der Waals surface area (Å²) in [6.45, 7) is 3.00. The Balaban J connectivity index is 1.65. The minimum absolute atomic E-state index is 0.199. The molecule has 4 aromatic carbocycles. The first-order valence-corrected chi connectivity index (χ1v) is 12.0. The molecule has 0 bridgehead atoms. The fraction of sp³-hybridized carbons (Fsp3) is 0.125. The van der Waals surface area contributed by atoms with Crippen molar-refractivity contribution in [3.8, 4) is 33.9 Å².